The van der Waals surface area contributed by atoms with Gasteiger partial charge in [-0.25, -0.2) is 0 Å². The van der Waals surface area contributed by atoms with Gasteiger partial charge in [-0.1, -0.05) is 24.7 Å². The Hall–Kier alpha value is -0.720. The summed E-state index contributed by atoms with van der Waals surface area (Å²) in [5, 5.41) is 12.3. The van der Waals surface area contributed by atoms with Crippen molar-refractivity contribution in [2.24, 2.45) is 17.6 Å². The van der Waals surface area contributed by atoms with E-state index in [2.05, 4.69) is 15.5 Å². The Morgan fingerprint density at radius 3 is 2.89 bits per heavy atom. The minimum Gasteiger partial charge on any atom is -0.330 e. The van der Waals surface area contributed by atoms with Gasteiger partial charge in [0.1, 0.15) is 5.01 Å². The van der Waals surface area contributed by atoms with E-state index in [0.717, 1.165) is 30.7 Å². The Balaban J connectivity index is 0.00000162. The Bertz CT molecular complexity index is 398. The van der Waals surface area contributed by atoms with Crippen molar-refractivity contribution in [1.82, 2.24) is 10.2 Å². The summed E-state index contributed by atoms with van der Waals surface area (Å²) in [6, 6.07) is 0. The first-order valence-corrected chi connectivity index (χ1v) is 6.89. The molecule has 1 aromatic rings. The number of hydrogen-bond acceptors (Lipinski definition) is 5. The predicted octanol–water partition coefficient (Wildman–Crippen LogP) is 1.84. The molecule has 102 valence electrons. The first-order valence-electron chi connectivity index (χ1n) is 6.08. The fourth-order valence-electron chi connectivity index (χ4n) is 2.31. The highest BCUT2D eigenvalue weighted by Crippen LogP contribution is 2.32. The molecule has 0 bridgehead atoms. The molecule has 18 heavy (non-hydrogen) atoms. The van der Waals surface area contributed by atoms with Gasteiger partial charge >= 0.3 is 0 Å². The Morgan fingerprint density at radius 2 is 2.28 bits per heavy atom. The van der Waals surface area contributed by atoms with E-state index in [9.17, 15) is 4.79 Å². The lowest BCUT2D eigenvalue weighted by Crippen LogP contribution is -2.29. The second-order valence-electron chi connectivity index (χ2n) is 4.38. The zero-order chi connectivity index (χ0) is 12.3. The highest BCUT2D eigenvalue weighted by atomic mass is 35.5. The molecule has 5 nitrogen and oxygen atoms in total. The summed E-state index contributed by atoms with van der Waals surface area (Å²) < 4.78 is 0. The van der Waals surface area contributed by atoms with E-state index in [0.29, 0.717) is 17.6 Å². The van der Waals surface area contributed by atoms with Gasteiger partial charge in [0.2, 0.25) is 11.0 Å². The summed E-state index contributed by atoms with van der Waals surface area (Å²) in [6.07, 6.45) is 3.94. The number of rotatable bonds is 4. The average molecular weight is 291 g/mol. The molecule has 1 fully saturated rings. The third-order valence-corrected chi connectivity index (χ3v) is 4.28. The van der Waals surface area contributed by atoms with Crippen molar-refractivity contribution in [3.05, 3.63) is 5.01 Å². The number of nitrogens with two attached hydrogens (primary N) is 1. The number of hydrogen-bond donors (Lipinski definition) is 2. The number of aromatic nitrogens is 2. The van der Waals surface area contributed by atoms with Crippen LogP contribution in [0.2, 0.25) is 0 Å². The summed E-state index contributed by atoms with van der Waals surface area (Å²) in [6.45, 7) is 2.61. The van der Waals surface area contributed by atoms with Crippen LogP contribution in [-0.2, 0) is 11.2 Å². The average Bonchev–Trinajstić information content (AvgIpc) is 2.96. The highest BCUT2D eigenvalue weighted by Gasteiger charge is 2.32. The molecule has 0 aliphatic heterocycles. The van der Waals surface area contributed by atoms with Crippen LogP contribution in [0.25, 0.3) is 0 Å². The second-order valence-corrected chi connectivity index (χ2v) is 5.44. The monoisotopic (exact) mass is 290 g/mol. The molecule has 1 saturated carbocycles. The van der Waals surface area contributed by atoms with Crippen LogP contribution < -0.4 is 11.1 Å². The number of amides is 1. The van der Waals surface area contributed by atoms with Crippen LogP contribution in [0.1, 0.15) is 31.2 Å². The molecule has 2 atom stereocenters. The third-order valence-electron chi connectivity index (χ3n) is 3.30. The molecule has 0 spiro atoms. The van der Waals surface area contributed by atoms with Crippen molar-refractivity contribution in [3.8, 4) is 0 Å². The number of nitrogens with zero attached hydrogens (tertiary/aromatic N) is 2. The predicted molar refractivity (Wildman–Crippen MR) is 75.1 cm³/mol. The molecule has 3 N–H and O–H groups in total. The lowest BCUT2D eigenvalue weighted by molar-refractivity contribution is -0.120. The van der Waals surface area contributed by atoms with Crippen LogP contribution in [0.3, 0.4) is 0 Å². The maximum Gasteiger partial charge on any atom is 0.229 e. The number of aryl methyl sites for hydroxylation is 1. The van der Waals surface area contributed by atoms with Crippen molar-refractivity contribution in [3.63, 3.8) is 0 Å². The summed E-state index contributed by atoms with van der Waals surface area (Å²) >= 11 is 1.44. The van der Waals surface area contributed by atoms with Crippen molar-refractivity contribution >= 4 is 34.8 Å². The van der Waals surface area contributed by atoms with Gasteiger partial charge in [-0.15, -0.1) is 22.6 Å². The molecular weight excluding hydrogens is 272 g/mol. The zero-order valence-electron chi connectivity index (χ0n) is 10.4. The molecular formula is C11H19ClN4OS. The van der Waals surface area contributed by atoms with Crippen LogP contribution >= 0.6 is 23.7 Å². The van der Waals surface area contributed by atoms with Crippen LogP contribution in [-0.4, -0.2) is 22.6 Å². The number of carbonyl (C=O) groups excluding carboxylic acids is 1. The largest absolute Gasteiger partial charge is 0.330 e. The van der Waals surface area contributed by atoms with Gasteiger partial charge in [0.25, 0.3) is 0 Å². The Labute approximate surface area is 117 Å². The second kappa shape index (κ2) is 7.01. The van der Waals surface area contributed by atoms with Gasteiger partial charge in [0.05, 0.1) is 0 Å². The molecule has 0 saturated heterocycles. The van der Waals surface area contributed by atoms with Crippen molar-refractivity contribution < 1.29 is 4.79 Å². The lowest BCUT2D eigenvalue weighted by Gasteiger charge is -2.15. The number of nitrogens with one attached hydrogen (secondary N) is 1. The molecule has 0 radical (unpaired) electrons. The third kappa shape index (κ3) is 3.40. The molecule has 1 aliphatic rings. The summed E-state index contributed by atoms with van der Waals surface area (Å²) in [5.74, 6) is 0.430. The molecule has 0 aromatic carbocycles. The molecule has 2 rings (SSSR count). The molecule has 1 aliphatic carbocycles. The van der Waals surface area contributed by atoms with Gasteiger partial charge in [-0.2, -0.15) is 0 Å². The quantitative estimate of drug-likeness (QED) is 0.886. The van der Waals surface area contributed by atoms with Crippen LogP contribution in [0, 0.1) is 11.8 Å². The number of halogens is 1. The molecule has 1 heterocycles. The van der Waals surface area contributed by atoms with E-state index < -0.39 is 0 Å². The van der Waals surface area contributed by atoms with Gasteiger partial charge in [0.15, 0.2) is 0 Å². The Morgan fingerprint density at radius 1 is 1.50 bits per heavy atom. The highest BCUT2D eigenvalue weighted by molar-refractivity contribution is 7.15. The zero-order valence-corrected chi connectivity index (χ0v) is 12.0. The maximum atomic E-state index is 12.1. The normalized spacial score (nSPS) is 22.6. The molecule has 1 amide bonds. The lowest BCUT2D eigenvalue weighted by atomic mass is 9.95. The first kappa shape index (κ1) is 15.3. The summed E-state index contributed by atoms with van der Waals surface area (Å²) in [4.78, 5) is 12.1. The van der Waals surface area contributed by atoms with Gasteiger partial charge in [-0.3, -0.25) is 4.79 Å². The van der Waals surface area contributed by atoms with E-state index in [1.54, 1.807) is 0 Å². The molecule has 1 aromatic heterocycles. The summed E-state index contributed by atoms with van der Waals surface area (Å²) in [7, 11) is 0. The summed E-state index contributed by atoms with van der Waals surface area (Å²) in [5.41, 5.74) is 5.68. The fraction of sp³-hybridized carbons (Fsp3) is 0.727. The number of anilines is 1. The van der Waals surface area contributed by atoms with Gasteiger partial charge in [0, 0.05) is 5.92 Å². The van der Waals surface area contributed by atoms with Crippen molar-refractivity contribution in [2.45, 2.75) is 32.6 Å². The van der Waals surface area contributed by atoms with Crippen LogP contribution in [0.15, 0.2) is 0 Å². The smallest absolute Gasteiger partial charge is 0.229 e. The van der Waals surface area contributed by atoms with E-state index in [1.807, 2.05) is 6.92 Å². The minimum atomic E-state index is 0. The number of carbonyl (C=O) groups is 1. The van der Waals surface area contributed by atoms with E-state index >= 15 is 0 Å². The van der Waals surface area contributed by atoms with Crippen molar-refractivity contribution in [2.75, 3.05) is 11.9 Å². The SMILES string of the molecule is CCc1nnc(NC(=O)[C@@H]2CCC[C@@H]2CN)s1.Cl. The maximum absolute atomic E-state index is 12.1. The first-order chi connectivity index (χ1) is 8.24. The van der Waals surface area contributed by atoms with Gasteiger partial charge < -0.3 is 11.1 Å². The van der Waals surface area contributed by atoms with Crippen LogP contribution in [0.5, 0.6) is 0 Å². The molecule has 0 unspecified atom stereocenters. The van der Waals surface area contributed by atoms with E-state index in [-0.39, 0.29) is 24.2 Å². The minimum absolute atomic E-state index is 0. The standard InChI is InChI=1S/C11H18N4OS.ClH/c1-2-9-14-15-11(17-9)13-10(16)8-5-3-4-7(8)6-12;/h7-8H,2-6,12H2,1H3,(H,13,15,16);1H/t7-,8-;/m1./s1. The fourth-order valence-corrected chi connectivity index (χ4v) is 2.99. The van der Waals surface area contributed by atoms with Crippen molar-refractivity contribution in [1.29, 1.82) is 0 Å². The van der Waals surface area contributed by atoms with E-state index in [4.69, 9.17) is 5.73 Å². The van der Waals surface area contributed by atoms with Crippen LogP contribution in [0.4, 0.5) is 5.13 Å². The topological polar surface area (TPSA) is 80.9 Å². The van der Waals surface area contributed by atoms with Gasteiger partial charge in [-0.05, 0) is 31.7 Å². The molecule has 7 heteroatoms. The Kier molecular flexibility index (Phi) is 5.98. The van der Waals surface area contributed by atoms with E-state index in [1.165, 1.54) is 11.3 Å².